The van der Waals surface area contributed by atoms with Gasteiger partial charge in [-0.1, -0.05) is 11.6 Å². The van der Waals surface area contributed by atoms with E-state index >= 15 is 0 Å². The molecule has 1 aromatic heterocycles. The second-order valence-corrected chi connectivity index (χ2v) is 3.51. The number of nitrogens with one attached hydrogen (secondary N) is 1. The maximum atomic E-state index is 8.99. The first kappa shape index (κ1) is 9.75. The van der Waals surface area contributed by atoms with Gasteiger partial charge in [0.25, 0.3) is 0 Å². The zero-order valence-corrected chi connectivity index (χ0v) is 8.84. The number of fused-ring (bicyclic) bond motifs is 1. The van der Waals surface area contributed by atoms with Crippen molar-refractivity contribution in [1.82, 2.24) is 4.98 Å². The summed E-state index contributed by atoms with van der Waals surface area (Å²) in [5.74, 6) is 0.668. The second kappa shape index (κ2) is 3.76. The molecule has 2 aromatic rings. The molecule has 2 rings (SSSR count). The highest BCUT2D eigenvalue weighted by Crippen LogP contribution is 2.23. The number of benzene rings is 1. The molecule has 0 fully saturated rings. The predicted molar refractivity (Wildman–Crippen MR) is 61.0 cm³/mol. The predicted octanol–water partition coefficient (Wildman–Crippen LogP) is 2.80. The maximum Gasteiger partial charge on any atom is 0.127 e. The van der Waals surface area contributed by atoms with Gasteiger partial charge in [0, 0.05) is 17.5 Å². The van der Waals surface area contributed by atoms with Gasteiger partial charge in [-0.25, -0.2) is 4.98 Å². The van der Waals surface area contributed by atoms with E-state index in [1.54, 1.807) is 25.2 Å². The molecular formula is C11H8ClN3. The molecule has 0 radical (unpaired) electrons. The standard InChI is InChI=1S/C11H8ClN3/c1-14-11-4-7(6-13)9-3-2-8(12)5-10(9)15-11/h2-5H,1H3,(H,14,15). The normalized spacial score (nSPS) is 9.93. The number of rotatable bonds is 1. The minimum absolute atomic E-state index is 0.598. The van der Waals surface area contributed by atoms with Crippen molar-refractivity contribution >= 4 is 28.3 Å². The van der Waals surface area contributed by atoms with E-state index in [1.165, 1.54) is 0 Å². The smallest absolute Gasteiger partial charge is 0.127 e. The van der Waals surface area contributed by atoms with Crippen LogP contribution in [0.2, 0.25) is 5.02 Å². The van der Waals surface area contributed by atoms with Crippen molar-refractivity contribution in [3.05, 3.63) is 34.9 Å². The van der Waals surface area contributed by atoms with Crippen molar-refractivity contribution in [2.75, 3.05) is 12.4 Å². The number of nitriles is 1. The summed E-state index contributed by atoms with van der Waals surface area (Å²) in [5, 5.41) is 13.3. The Morgan fingerprint density at radius 1 is 1.40 bits per heavy atom. The van der Waals surface area contributed by atoms with E-state index in [-0.39, 0.29) is 0 Å². The third-order valence-electron chi connectivity index (χ3n) is 2.15. The lowest BCUT2D eigenvalue weighted by molar-refractivity contribution is 1.33. The number of nitrogens with zero attached hydrogens (tertiary/aromatic N) is 2. The lowest BCUT2D eigenvalue weighted by Gasteiger charge is -2.04. The minimum atomic E-state index is 0.598. The van der Waals surface area contributed by atoms with Crippen LogP contribution in [0.25, 0.3) is 10.9 Å². The molecule has 4 heteroatoms. The van der Waals surface area contributed by atoms with Crippen molar-refractivity contribution in [3.63, 3.8) is 0 Å². The Morgan fingerprint density at radius 3 is 2.87 bits per heavy atom. The Kier molecular flexibility index (Phi) is 2.44. The van der Waals surface area contributed by atoms with Crippen molar-refractivity contribution < 1.29 is 0 Å². The van der Waals surface area contributed by atoms with Crippen LogP contribution in [0.4, 0.5) is 5.82 Å². The van der Waals surface area contributed by atoms with Crippen LogP contribution in [0.15, 0.2) is 24.3 Å². The number of hydrogen-bond acceptors (Lipinski definition) is 3. The molecule has 1 aromatic carbocycles. The van der Waals surface area contributed by atoms with Crippen LogP contribution in [-0.4, -0.2) is 12.0 Å². The van der Waals surface area contributed by atoms with E-state index in [1.807, 2.05) is 6.07 Å². The Labute approximate surface area is 92.3 Å². The number of anilines is 1. The molecule has 0 bridgehead atoms. The lowest BCUT2D eigenvalue weighted by Crippen LogP contribution is -1.94. The molecule has 0 saturated carbocycles. The zero-order valence-electron chi connectivity index (χ0n) is 8.08. The summed E-state index contributed by atoms with van der Waals surface area (Å²) >= 11 is 5.87. The average molecular weight is 218 g/mol. The fourth-order valence-electron chi connectivity index (χ4n) is 1.42. The number of hydrogen-bond donors (Lipinski definition) is 1. The SMILES string of the molecule is CNc1cc(C#N)c2ccc(Cl)cc2n1. The Balaban J connectivity index is 2.82. The first-order valence-corrected chi connectivity index (χ1v) is 4.80. The summed E-state index contributed by atoms with van der Waals surface area (Å²) in [7, 11) is 1.76. The highest BCUT2D eigenvalue weighted by atomic mass is 35.5. The third kappa shape index (κ3) is 1.72. The van der Waals surface area contributed by atoms with Crippen LogP contribution in [-0.2, 0) is 0 Å². The quantitative estimate of drug-likeness (QED) is 0.799. The molecule has 0 atom stereocenters. The fourth-order valence-corrected chi connectivity index (χ4v) is 1.59. The minimum Gasteiger partial charge on any atom is -0.373 e. The second-order valence-electron chi connectivity index (χ2n) is 3.08. The first-order chi connectivity index (χ1) is 7.24. The van der Waals surface area contributed by atoms with Gasteiger partial charge in [0.1, 0.15) is 5.82 Å². The molecule has 0 amide bonds. The van der Waals surface area contributed by atoms with E-state index in [4.69, 9.17) is 16.9 Å². The van der Waals surface area contributed by atoms with Crippen LogP contribution in [0.1, 0.15) is 5.56 Å². The van der Waals surface area contributed by atoms with Crippen molar-refractivity contribution in [2.24, 2.45) is 0 Å². The molecule has 0 aliphatic heterocycles. The van der Waals surface area contributed by atoms with Crippen molar-refractivity contribution in [3.8, 4) is 6.07 Å². The Bertz CT molecular complexity index is 557. The summed E-state index contributed by atoms with van der Waals surface area (Å²) in [6.45, 7) is 0. The van der Waals surface area contributed by atoms with Gasteiger partial charge in [0.05, 0.1) is 17.1 Å². The van der Waals surface area contributed by atoms with E-state index in [9.17, 15) is 0 Å². The maximum absolute atomic E-state index is 8.99. The van der Waals surface area contributed by atoms with Crippen LogP contribution in [0.3, 0.4) is 0 Å². The van der Waals surface area contributed by atoms with Crippen molar-refractivity contribution in [1.29, 1.82) is 5.26 Å². The van der Waals surface area contributed by atoms with Gasteiger partial charge in [0.15, 0.2) is 0 Å². The van der Waals surface area contributed by atoms with Crippen LogP contribution in [0.5, 0.6) is 0 Å². The van der Waals surface area contributed by atoms with Crippen LogP contribution >= 0.6 is 11.6 Å². The zero-order chi connectivity index (χ0) is 10.8. The lowest BCUT2D eigenvalue weighted by atomic mass is 10.1. The molecule has 3 nitrogen and oxygen atoms in total. The van der Waals surface area contributed by atoms with Gasteiger partial charge in [-0.2, -0.15) is 5.26 Å². The molecule has 74 valence electrons. The number of pyridine rings is 1. The van der Waals surface area contributed by atoms with Gasteiger partial charge in [-0.3, -0.25) is 0 Å². The number of halogens is 1. The van der Waals surface area contributed by atoms with Gasteiger partial charge >= 0.3 is 0 Å². The van der Waals surface area contributed by atoms with Crippen LogP contribution in [0, 0.1) is 11.3 Å². The Morgan fingerprint density at radius 2 is 2.20 bits per heavy atom. The average Bonchev–Trinajstić information content (AvgIpc) is 2.26. The molecule has 15 heavy (non-hydrogen) atoms. The summed E-state index contributed by atoms with van der Waals surface area (Å²) in [6.07, 6.45) is 0. The van der Waals surface area contributed by atoms with Gasteiger partial charge < -0.3 is 5.32 Å². The fraction of sp³-hybridized carbons (Fsp3) is 0.0909. The molecular weight excluding hydrogens is 210 g/mol. The van der Waals surface area contributed by atoms with Gasteiger partial charge in [-0.05, 0) is 24.3 Å². The molecule has 1 N–H and O–H groups in total. The third-order valence-corrected chi connectivity index (χ3v) is 2.38. The molecule has 0 unspecified atom stereocenters. The van der Waals surface area contributed by atoms with Gasteiger partial charge in [-0.15, -0.1) is 0 Å². The van der Waals surface area contributed by atoms with E-state index in [2.05, 4.69) is 16.4 Å². The molecule has 1 heterocycles. The molecule has 0 spiro atoms. The summed E-state index contributed by atoms with van der Waals surface area (Å²) in [5.41, 5.74) is 1.33. The molecule has 0 saturated heterocycles. The topological polar surface area (TPSA) is 48.7 Å². The number of aromatic nitrogens is 1. The highest BCUT2D eigenvalue weighted by Gasteiger charge is 2.04. The van der Waals surface area contributed by atoms with E-state index < -0.39 is 0 Å². The van der Waals surface area contributed by atoms with E-state index in [0.29, 0.717) is 16.4 Å². The molecule has 0 aliphatic carbocycles. The highest BCUT2D eigenvalue weighted by molar-refractivity contribution is 6.31. The largest absolute Gasteiger partial charge is 0.373 e. The first-order valence-electron chi connectivity index (χ1n) is 4.43. The summed E-state index contributed by atoms with van der Waals surface area (Å²) < 4.78 is 0. The monoisotopic (exact) mass is 217 g/mol. The van der Waals surface area contributed by atoms with E-state index in [0.717, 1.165) is 10.9 Å². The molecule has 0 aliphatic rings. The Hall–Kier alpha value is -1.79. The van der Waals surface area contributed by atoms with Crippen LogP contribution < -0.4 is 5.32 Å². The summed E-state index contributed by atoms with van der Waals surface area (Å²) in [6, 6.07) is 9.17. The van der Waals surface area contributed by atoms with Crippen molar-refractivity contribution in [2.45, 2.75) is 0 Å². The van der Waals surface area contributed by atoms with Gasteiger partial charge in [0.2, 0.25) is 0 Å². The summed E-state index contributed by atoms with van der Waals surface area (Å²) in [4.78, 5) is 4.32.